The third-order valence-corrected chi connectivity index (χ3v) is 8.02. The molecule has 2 aromatic rings. The predicted molar refractivity (Wildman–Crippen MR) is 117 cm³/mol. The molecule has 1 amide bonds. The number of nitrogens with zero attached hydrogens (tertiary/aromatic N) is 5. The summed E-state index contributed by atoms with van der Waals surface area (Å²) in [6.45, 7) is 3.53. The predicted octanol–water partition coefficient (Wildman–Crippen LogP) is 2.63. The van der Waals surface area contributed by atoms with E-state index in [0.29, 0.717) is 25.9 Å². The number of sulfonamides is 1. The lowest BCUT2D eigenvalue weighted by Crippen LogP contribution is -2.43. The Bertz CT molecular complexity index is 1060. The van der Waals surface area contributed by atoms with E-state index in [1.54, 1.807) is 18.1 Å². The molecule has 0 atom stereocenters. The molecule has 1 saturated heterocycles. The van der Waals surface area contributed by atoms with Gasteiger partial charge in [-0.15, -0.1) is 0 Å². The Labute approximate surface area is 189 Å². The second-order valence-electron chi connectivity index (χ2n) is 7.38. The lowest BCUT2D eigenvalue weighted by molar-refractivity contribution is -0.384. The van der Waals surface area contributed by atoms with Crippen molar-refractivity contribution in [1.29, 1.82) is 0 Å². The van der Waals surface area contributed by atoms with Crippen LogP contribution in [0, 0.1) is 16.0 Å². The molecule has 168 valence electrons. The van der Waals surface area contributed by atoms with Gasteiger partial charge in [-0.05, 0) is 47.8 Å². The fourth-order valence-electron chi connectivity index (χ4n) is 3.66. The van der Waals surface area contributed by atoms with Gasteiger partial charge in [0.05, 0.1) is 32.7 Å². The number of aromatic nitrogens is 2. The first kappa shape index (κ1) is 23.4. The average Bonchev–Trinajstić information content (AvgIpc) is 3.12. The summed E-state index contributed by atoms with van der Waals surface area (Å²) in [5.74, 6) is -0.284. The molecule has 0 N–H and O–H groups in total. The van der Waals surface area contributed by atoms with Crippen LogP contribution in [-0.4, -0.2) is 58.4 Å². The zero-order chi connectivity index (χ0) is 22.8. The van der Waals surface area contributed by atoms with Crippen LogP contribution in [0.1, 0.15) is 25.5 Å². The largest absolute Gasteiger partial charge is 0.340 e. The minimum absolute atomic E-state index is 0.0117. The van der Waals surface area contributed by atoms with E-state index in [2.05, 4.69) is 21.0 Å². The average molecular weight is 514 g/mol. The number of carbonyl (C=O) groups excluding carboxylic acids is 1. The topological polar surface area (TPSA) is 119 Å². The zero-order valence-electron chi connectivity index (χ0n) is 17.3. The Morgan fingerprint density at radius 3 is 2.45 bits per heavy atom. The van der Waals surface area contributed by atoms with Gasteiger partial charge in [0.25, 0.3) is 5.69 Å². The highest BCUT2D eigenvalue weighted by Gasteiger charge is 2.33. The Morgan fingerprint density at radius 1 is 1.29 bits per heavy atom. The molecule has 1 aliphatic heterocycles. The van der Waals surface area contributed by atoms with Crippen molar-refractivity contribution in [2.75, 3.05) is 20.1 Å². The van der Waals surface area contributed by atoms with Crippen molar-refractivity contribution in [3.8, 4) is 0 Å². The molecule has 1 aromatic carbocycles. The summed E-state index contributed by atoms with van der Waals surface area (Å²) < 4.78 is 29.7. The van der Waals surface area contributed by atoms with Crippen LogP contribution in [-0.2, 0) is 27.9 Å². The van der Waals surface area contributed by atoms with E-state index in [-0.39, 0.29) is 35.5 Å². The summed E-state index contributed by atoms with van der Waals surface area (Å²) in [4.78, 5) is 24.8. The van der Waals surface area contributed by atoms with Gasteiger partial charge in [0.1, 0.15) is 0 Å². The van der Waals surface area contributed by atoms with Gasteiger partial charge in [-0.25, -0.2) is 8.42 Å². The zero-order valence-corrected chi connectivity index (χ0v) is 19.7. The van der Waals surface area contributed by atoms with Crippen LogP contribution in [0.15, 0.2) is 39.8 Å². The first-order chi connectivity index (χ1) is 14.6. The van der Waals surface area contributed by atoms with Crippen LogP contribution < -0.4 is 0 Å². The summed E-state index contributed by atoms with van der Waals surface area (Å²) >= 11 is 3.46. The van der Waals surface area contributed by atoms with Gasteiger partial charge >= 0.3 is 0 Å². The maximum absolute atomic E-state index is 12.9. The molecule has 0 unspecified atom stereocenters. The number of halogens is 1. The molecule has 31 heavy (non-hydrogen) atoms. The maximum atomic E-state index is 12.9. The van der Waals surface area contributed by atoms with E-state index >= 15 is 0 Å². The van der Waals surface area contributed by atoms with Gasteiger partial charge in [0.15, 0.2) is 0 Å². The van der Waals surface area contributed by atoms with Crippen molar-refractivity contribution in [1.82, 2.24) is 19.0 Å². The molecule has 2 heterocycles. The van der Waals surface area contributed by atoms with Crippen LogP contribution in [0.2, 0.25) is 0 Å². The second kappa shape index (κ2) is 9.45. The van der Waals surface area contributed by atoms with E-state index in [1.807, 2.05) is 11.6 Å². The van der Waals surface area contributed by atoms with Gasteiger partial charge in [-0.2, -0.15) is 9.40 Å². The summed E-state index contributed by atoms with van der Waals surface area (Å²) in [5.41, 5.74) is 0.749. The summed E-state index contributed by atoms with van der Waals surface area (Å²) in [6.07, 6.45) is 2.55. The number of rotatable bonds is 7. The molecule has 0 bridgehead atoms. The van der Waals surface area contributed by atoms with Gasteiger partial charge in [0, 0.05) is 44.7 Å². The maximum Gasteiger partial charge on any atom is 0.269 e. The fourth-order valence-corrected chi connectivity index (χ4v) is 5.56. The van der Waals surface area contributed by atoms with Gasteiger partial charge in [-0.1, -0.05) is 0 Å². The number of carbonyl (C=O) groups is 1. The van der Waals surface area contributed by atoms with E-state index in [1.165, 1.54) is 28.6 Å². The van der Waals surface area contributed by atoms with Crippen molar-refractivity contribution in [3.05, 3.63) is 50.7 Å². The molecule has 12 heteroatoms. The quantitative estimate of drug-likeness (QED) is 0.414. The normalized spacial score (nSPS) is 15.7. The molecule has 1 aliphatic rings. The summed E-state index contributed by atoms with van der Waals surface area (Å²) in [7, 11) is -2.02. The monoisotopic (exact) mass is 513 g/mol. The van der Waals surface area contributed by atoms with Gasteiger partial charge < -0.3 is 4.90 Å². The highest BCUT2D eigenvalue weighted by Crippen LogP contribution is 2.27. The second-order valence-corrected chi connectivity index (χ2v) is 10.2. The molecule has 3 rings (SSSR count). The van der Waals surface area contributed by atoms with E-state index < -0.39 is 14.9 Å². The number of benzene rings is 1. The Morgan fingerprint density at radius 2 is 1.90 bits per heavy atom. The number of aryl methyl sites for hydroxylation is 1. The summed E-state index contributed by atoms with van der Waals surface area (Å²) in [6, 6.07) is 4.84. The third-order valence-electron chi connectivity index (χ3n) is 5.45. The first-order valence-corrected chi connectivity index (χ1v) is 12.1. The molecule has 0 saturated carbocycles. The molecule has 1 aromatic heterocycles. The summed E-state index contributed by atoms with van der Waals surface area (Å²) in [5, 5.41) is 15.0. The van der Waals surface area contributed by atoms with E-state index in [0.717, 1.165) is 10.2 Å². The number of hydrogen-bond donors (Lipinski definition) is 0. The van der Waals surface area contributed by atoms with Crippen molar-refractivity contribution in [2.45, 2.75) is 37.8 Å². The highest BCUT2D eigenvalue weighted by atomic mass is 79.9. The number of nitro benzene ring substituents is 1. The molecular weight excluding hydrogens is 490 g/mol. The van der Waals surface area contributed by atoms with Crippen LogP contribution in [0.3, 0.4) is 0 Å². The standard InChI is InChI=1S/C19H24BrN5O5S/c1-3-24-18(17(20)12-21-24)13-22(2)19(26)14-8-10-23(11-9-14)31(29,30)16-6-4-15(5-7-16)25(27)28/h4-7,12,14H,3,8-11,13H2,1-2H3. The number of hydrogen-bond acceptors (Lipinski definition) is 6. The van der Waals surface area contributed by atoms with Crippen molar-refractivity contribution < 1.29 is 18.1 Å². The van der Waals surface area contributed by atoms with Crippen molar-refractivity contribution >= 4 is 37.5 Å². The Balaban J connectivity index is 1.62. The molecule has 0 spiro atoms. The molecule has 10 nitrogen and oxygen atoms in total. The minimum Gasteiger partial charge on any atom is -0.340 e. The van der Waals surface area contributed by atoms with Crippen LogP contribution in [0.5, 0.6) is 0 Å². The smallest absolute Gasteiger partial charge is 0.269 e. The Hall–Kier alpha value is -2.31. The molecule has 0 aliphatic carbocycles. The molecular formula is C19H24BrN5O5S. The van der Waals surface area contributed by atoms with E-state index in [4.69, 9.17) is 0 Å². The van der Waals surface area contributed by atoms with Crippen molar-refractivity contribution in [2.24, 2.45) is 5.92 Å². The van der Waals surface area contributed by atoms with Gasteiger partial charge in [-0.3, -0.25) is 19.6 Å². The van der Waals surface area contributed by atoms with E-state index in [9.17, 15) is 23.3 Å². The fraction of sp³-hybridized carbons (Fsp3) is 0.474. The number of non-ortho nitro benzene ring substituents is 1. The van der Waals surface area contributed by atoms with Gasteiger partial charge in [0.2, 0.25) is 15.9 Å². The number of nitro groups is 1. The van der Waals surface area contributed by atoms with Crippen LogP contribution >= 0.6 is 15.9 Å². The van der Waals surface area contributed by atoms with Crippen LogP contribution in [0.4, 0.5) is 5.69 Å². The SMILES string of the molecule is CCn1ncc(Br)c1CN(C)C(=O)C1CCN(S(=O)(=O)c2ccc([N+](=O)[O-])cc2)CC1. The first-order valence-electron chi connectivity index (χ1n) is 9.85. The number of piperidine rings is 1. The van der Waals surface area contributed by atoms with Crippen molar-refractivity contribution in [3.63, 3.8) is 0 Å². The molecule has 0 radical (unpaired) electrons. The Kier molecular flexibility index (Phi) is 7.12. The van der Waals surface area contributed by atoms with Crippen LogP contribution in [0.25, 0.3) is 0 Å². The highest BCUT2D eigenvalue weighted by molar-refractivity contribution is 9.10. The number of amides is 1. The lowest BCUT2D eigenvalue weighted by atomic mass is 9.96. The lowest BCUT2D eigenvalue weighted by Gasteiger charge is -2.32. The minimum atomic E-state index is -3.76. The third kappa shape index (κ3) is 4.96. The molecule has 1 fully saturated rings.